The Morgan fingerprint density at radius 2 is 1.91 bits per heavy atom. The third-order valence-corrected chi connectivity index (χ3v) is 5.58. The summed E-state index contributed by atoms with van der Waals surface area (Å²) < 4.78 is 44.6. The summed E-state index contributed by atoms with van der Waals surface area (Å²) in [5, 5.41) is 16.5. The summed E-state index contributed by atoms with van der Waals surface area (Å²) in [7, 11) is 0. The number of benzene rings is 1. The van der Waals surface area contributed by atoms with E-state index in [1.807, 2.05) is 19.9 Å². The van der Waals surface area contributed by atoms with Crippen LogP contribution in [0.15, 0.2) is 42.6 Å². The molecule has 11 heteroatoms. The molecule has 0 aliphatic carbocycles. The van der Waals surface area contributed by atoms with Crippen molar-refractivity contribution in [2.75, 3.05) is 48.4 Å². The average molecular weight is 489 g/mol. The van der Waals surface area contributed by atoms with E-state index >= 15 is 0 Å². The highest BCUT2D eigenvalue weighted by atomic mass is 19.4. The third kappa shape index (κ3) is 5.98. The Hall–Kier alpha value is -3.44. The lowest BCUT2D eigenvalue weighted by Gasteiger charge is -2.28. The molecule has 1 aliphatic rings. The van der Waals surface area contributed by atoms with Gasteiger partial charge in [0.25, 0.3) is 0 Å². The lowest BCUT2D eigenvalue weighted by Crippen LogP contribution is -2.37. The molecule has 1 aliphatic heterocycles. The molecular formula is C24H27F3N6O2. The lowest BCUT2D eigenvalue weighted by atomic mass is 10.1. The molecule has 0 radical (unpaired) electrons. The highest BCUT2D eigenvalue weighted by molar-refractivity contribution is 5.70. The number of morpholine rings is 1. The van der Waals surface area contributed by atoms with Gasteiger partial charge < -0.3 is 25.4 Å². The Balaban J connectivity index is 1.63. The second-order valence-electron chi connectivity index (χ2n) is 8.09. The topological polar surface area (TPSA) is 95.4 Å². The van der Waals surface area contributed by atoms with Crippen molar-refractivity contribution in [3.63, 3.8) is 0 Å². The number of alkyl halides is 3. The molecule has 8 nitrogen and oxygen atoms in total. The van der Waals surface area contributed by atoms with Crippen molar-refractivity contribution in [3.05, 3.63) is 59.4 Å². The van der Waals surface area contributed by atoms with Crippen molar-refractivity contribution in [3.8, 4) is 11.3 Å². The van der Waals surface area contributed by atoms with Gasteiger partial charge in [-0.05, 0) is 32.0 Å². The minimum absolute atomic E-state index is 0.0908. The summed E-state index contributed by atoms with van der Waals surface area (Å²) in [5.74, 6) is 1.24. The maximum Gasteiger partial charge on any atom is 0.416 e. The van der Waals surface area contributed by atoms with Gasteiger partial charge in [0.15, 0.2) is 6.23 Å². The molecule has 1 aromatic carbocycles. The summed E-state index contributed by atoms with van der Waals surface area (Å²) in [6.07, 6.45) is -4.34. The van der Waals surface area contributed by atoms with E-state index in [0.29, 0.717) is 61.4 Å². The zero-order valence-electron chi connectivity index (χ0n) is 19.4. The van der Waals surface area contributed by atoms with E-state index in [2.05, 4.69) is 30.5 Å². The third-order valence-electron chi connectivity index (χ3n) is 5.58. The highest BCUT2D eigenvalue weighted by Gasteiger charge is 2.31. The molecule has 0 saturated carbocycles. The SMILES string of the molecule is CCNc1nc(-c2cc(NC(O)c3cccc(C(F)(F)F)c3)cnc2C)cc(N2CCOCC2)n1. The summed E-state index contributed by atoms with van der Waals surface area (Å²) in [4.78, 5) is 15.8. The van der Waals surface area contributed by atoms with Gasteiger partial charge in [-0.2, -0.15) is 18.2 Å². The van der Waals surface area contributed by atoms with Crippen LogP contribution in [0.25, 0.3) is 11.3 Å². The first-order valence-electron chi connectivity index (χ1n) is 11.3. The van der Waals surface area contributed by atoms with Gasteiger partial charge >= 0.3 is 6.18 Å². The number of ether oxygens (including phenoxy) is 1. The quantitative estimate of drug-likeness (QED) is 0.425. The fraction of sp³-hybridized carbons (Fsp3) is 0.375. The molecule has 0 spiro atoms. The number of aliphatic hydroxyl groups excluding tert-OH is 1. The van der Waals surface area contributed by atoms with Crippen molar-refractivity contribution in [1.82, 2.24) is 15.0 Å². The zero-order chi connectivity index (χ0) is 25.0. The van der Waals surface area contributed by atoms with E-state index in [9.17, 15) is 18.3 Å². The van der Waals surface area contributed by atoms with E-state index < -0.39 is 18.0 Å². The molecule has 1 saturated heterocycles. The number of aliphatic hydroxyl groups is 1. The van der Waals surface area contributed by atoms with Gasteiger partial charge in [-0.3, -0.25) is 4.98 Å². The first kappa shape index (κ1) is 24.7. The van der Waals surface area contributed by atoms with E-state index in [1.54, 1.807) is 6.07 Å². The monoisotopic (exact) mass is 488 g/mol. The first-order chi connectivity index (χ1) is 16.7. The lowest BCUT2D eigenvalue weighted by molar-refractivity contribution is -0.137. The van der Waals surface area contributed by atoms with Crippen LogP contribution in [0.4, 0.5) is 30.6 Å². The van der Waals surface area contributed by atoms with Gasteiger partial charge in [0.2, 0.25) is 5.95 Å². The van der Waals surface area contributed by atoms with Crippen LogP contribution in [0.5, 0.6) is 0 Å². The second kappa shape index (κ2) is 10.4. The van der Waals surface area contributed by atoms with E-state index in [4.69, 9.17) is 4.74 Å². The Morgan fingerprint density at radius 1 is 1.14 bits per heavy atom. The number of aromatic nitrogens is 3. The number of rotatable bonds is 7. The normalized spacial score (nSPS) is 15.1. The van der Waals surface area contributed by atoms with Crippen molar-refractivity contribution < 1.29 is 23.0 Å². The van der Waals surface area contributed by atoms with E-state index in [0.717, 1.165) is 18.0 Å². The zero-order valence-corrected chi connectivity index (χ0v) is 19.4. The summed E-state index contributed by atoms with van der Waals surface area (Å²) in [5.41, 5.74) is 1.76. The molecule has 3 aromatic rings. The number of hydrogen-bond acceptors (Lipinski definition) is 8. The Labute approximate surface area is 201 Å². The van der Waals surface area contributed by atoms with Crippen molar-refractivity contribution in [2.45, 2.75) is 26.3 Å². The molecule has 3 heterocycles. The molecule has 186 valence electrons. The second-order valence-corrected chi connectivity index (χ2v) is 8.09. The van der Waals surface area contributed by atoms with Crippen LogP contribution in [0, 0.1) is 6.92 Å². The Bertz CT molecular complexity index is 1170. The highest BCUT2D eigenvalue weighted by Crippen LogP contribution is 2.32. The van der Waals surface area contributed by atoms with Gasteiger partial charge in [0.1, 0.15) is 5.82 Å². The van der Waals surface area contributed by atoms with Gasteiger partial charge in [-0.1, -0.05) is 12.1 Å². The summed E-state index contributed by atoms with van der Waals surface area (Å²) >= 11 is 0. The van der Waals surface area contributed by atoms with Crippen LogP contribution in [-0.2, 0) is 10.9 Å². The van der Waals surface area contributed by atoms with Gasteiger partial charge in [-0.25, -0.2) is 4.98 Å². The van der Waals surface area contributed by atoms with Crippen molar-refractivity contribution >= 4 is 17.5 Å². The van der Waals surface area contributed by atoms with Crippen molar-refractivity contribution in [2.24, 2.45) is 0 Å². The minimum atomic E-state index is -4.50. The summed E-state index contributed by atoms with van der Waals surface area (Å²) in [6.45, 7) is 7.09. The summed E-state index contributed by atoms with van der Waals surface area (Å²) in [6, 6.07) is 8.21. The van der Waals surface area contributed by atoms with Crippen molar-refractivity contribution in [1.29, 1.82) is 0 Å². The number of nitrogens with one attached hydrogen (secondary N) is 2. The predicted octanol–water partition coefficient (Wildman–Crippen LogP) is 4.24. The molecule has 0 bridgehead atoms. The maximum absolute atomic E-state index is 13.1. The number of aryl methyl sites for hydroxylation is 1. The molecule has 3 N–H and O–H groups in total. The van der Waals surface area contributed by atoms with E-state index in [1.165, 1.54) is 18.3 Å². The van der Waals surface area contributed by atoms with E-state index in [-0.39, 0.29) is 5.56 Å². The van der Waals surface area contributed by atoms with Crippen LogP contribution in [0.3, 0.4) is 0 Å². The number of hydrogen-bond donors (Lipinski definition) is 3. The van der Waals surface area contributed by atoms with Crippen LogP contribution in [-0.4, -0.2) is 52.9 Å². The Kier molecular flexibility index (Phi) is 7.37. The van der Waals surface area contributed by atoms with Gasteiger partial charge in [0, 0.05) is 42.5 Å². The maximum atomic E-state index is 13.1. The number of halogens is 3. The van der Waals surface area contributed by atoms with Crippen LogP contribution >= 0.6 is 0 Å². The molecule has 4 rings (SSSR count). The first-order valence-corrected chi connectivity index (χ1v) is 11.3. The smallest absolute Gasteiger partial charge is 0.378 e. The number of anilines is 3. The number of nitrogens with zero attached hydrogens (tertiary/aromatic N) is 4. The molecule has 1 unspecified atom stereocenters. The van der Waals surface area contributed by atoms with Crippen LogP contribution < -0.4 is 15.5 Å². The molecule has 1 atom stereocenters. The fourth-order valence-corrected chi connectivity index (χ4v) is 3.76. The largest absolute Gasteiger partial charge is 0.416 e. The average Bonchev–Trinajstić information content (AvgIpc) is 2.85. The van der Waals surface area contributed by atoms with Gasteiger partial charge in [-0.15, -0.1) is 0 Å². The molecular weight excluding hydrogens is 461 g/mol. The minimum Gasteiger partial charge on any atom is -0.378 e. The predicted molar refractivity (Wildman–Crippen MR) is 127 cm³/mol. The molecule has 0 amide bonds. The van der Waals surface area contributed by atoms with Crippen LogP contribution in [0.2, 0.25) is 0 Å². The molecule has 35 heavy (non-hydrogen) atoms. The van der Waals surface area contributed by atoms with Gasteiger partial charge in [0.05, 0.1) is 36.4 Å². The van der Waals surface area contributed by atoms with Crippen LogP contribution in [0.1, 0.15) is 30.0 Å². The fourth-order valence-electron chi connectivity index (χ4n) is 3.76. The Morgan fingerprint density at radius 3 is 2.63 bits per heavy atom. The standard InChI is InChI=1S/C24H27F3N6O2/c1-3-28-23-31-20(13-21(32-23)33-7-9-35-10-8-33)19-12-18(14-29-15(19)2)30-22(34)16-5-4-6-17(11-16)24(25,26)27/h4-6,11-14,22,30,34H,3,7-10H2,1-2H3,(H,28,31,32). The molecule has 2 aromatic heterocycles. The molecule has 1 fully saturated rings. The number of pyridine rings is 1.